The van der Waals surface area contributed by atoms with E-state index in [1.54, 1.807) is 12.1 Å². The molecule has 0 radical (unpaired) electrons. The Kier molecular flexibility index (Phi) is 6.80. The Bertz CT molecular complexity index is 654. The zero-order valence-electron chi connectivity index (χ0n) is 13.6. The van der Waals surface area contributed by atoms with Gasteiger partial charge in [-0.3, -0.25) is 24.6 Å². The molecule has 1 heterocycles. The summed E-state index contributed by atoms with van der Waals surface area (Å²) in [6.45, 7) is -0.121. The lowest BCUT2D eigenvalue weighted by molar-refractivity contribution is -0.140. The zero-order chi connectivity index (χ0) is 18.4. The molecule has 0 aromatic heterocycles. The number of aliphatic carboxylic acids is 2. The average molecular weight is 367 g/mol. The normalized spacial score (nSPS) is 18.4. The standard InChI is InChI=1S/C16H21N3O5S/c17-7-3-4-10(16(23)24)18-11-9-25-13-6-2-1-5-12(13)19(15(11)22)8-14(20)21/h1-2,5-6,10-11,18H,3-4,7-9,17H2,(H,20,21)(H,23,24)/t10-,11?/m1/s1. The maximum absolute atomic E-state index is 12.8. The van der Waals surface area contributed by atoms with Crippen molar-refractivity contribution in [3.63, 3.8) is 0 Å². The fourth-order valence-electron chi connectivity index (χ4n) is 2.61. The number of hydrogen-bond acceptors (Lipinski definition) is 6. The fraction of sp³-hybridized carbons (Fsp3) is 0.438. The summed E-state index contributed by atoms with van der Waals surface area (Å²) in [5, 5.41) is 21.3. The number of nitrogens with one attached hydrogen (secondary N) is 1. The van der Waals surface area contributed by atoms with Gasteiger partial charge in [-0.2, -0.15) is 0 Å². The van der Waals surface area contributed by atoms with Gasteiger partial charge in [-0.05, 0) is 31.5 Å². The average Bonchev–Trinajstić information content (AvgIpc) is 2.70. The number of carboxylic acids is 2. The number of carbonyl (C=O) groups is 3. The molecular formula is C16H21N3O5S. The Morgan fingerprint density at radius 2 is 2.08 bits per heavy atom. The van der Waals surface area contributed by atoms with Gasteiger partial charge in [0.25, 0.3) is 0 Å². The van der Waals surface area contributed by atoms with Crippen LogP contribution < -0.4 is 16.0 Å². The van der Waals surface area contributed by atoms with Gasteiger partial charge in [0.05, 0.1) is 11.7 Å². The second-order valence-corrected chi connectivity index (χ2v) is 6.70. The van der Waals surface area contributed by atoms with Gasteiger partial charge < -0.3 is 15.9 Å². The number of hydrogen-bond donors (Lipinski definition) is 4. The van der Waals surface area contributed by atoms with Crippen molar-refractivity contribution < 1.29 is 24.6 Å². The summed E-state index contributed by atoms with van der Waals surface area (Å²) in [4.78, 5) is 37.4. The van der Waals surface area contributed by atoms with Crippen LogP contribution in [0.25, 0.3) is 0 Å². The van der Waals surface area contributed by atoms with E-state index in [0.29, 0.717) is 30.8 Å². The van der Waals surface area contributed by atoms with E-state index in [2.05, 4.69) is 5.32 Å². The molecule has 0 aliphatic carbocycles. The third-order valence-electron chi connectivity index (χ3n) is 3.82. The highest BCUT2D eigenvalue weighted by Gasteiger charge is 2.34. The molecule has 9 heteroatoms. The van der Waals surface area contributed by atoms with Crippen LogP contribution in [-0.2, 0) is 14.4 Å². The zero-order valence-corrected chi connectivity index (χ0v) is 14.4. The van der Waals surface area contributed by atoms with Crippen LogP contribution in [0.5, 0.6) is 0 Å². The molecule has 5 N–H and O–H groups in total. The van der Waals surface area contributed by atoms with Crippen LogP contribution in [0.2, 0.25) is 0 Å². The molecule has 0 saturated carbocycles. The predicted octanol–water partition coefficient (Wildman–Crippen LogP) is 0.360. The molecule has 1 aliphatic rings. The summed E-state index contributed by atoms with van der Waals surface area (Å²) in [5.41, 5.74) is 5.96. The van der Waals surface area contributed by atoms with E-state index in [4.69, 9.17) is 10.8 Å². The molecule has 0 saturated heterocycles. The Balaban J connectivity index is 2.25. The van der Waals surface area contributed by atoms with E-state index in [-0.39, 0.29) is 0 Å². The first-order chi connectivity index (χ1) is 11.9. The maximum atomic E-state index is 12.8. The highest BCUT2D eigenvalue weighted by molar-refractivity contribution is 7.99. The summed E-state index contributed by atoms with van der Waals surface area (Å²) < 4.78 is 0. The van der Waals surface area contributed by atoms with Gasteiger partial charge >= 0.3 is 11.9 Å². The van der Waals surface area contributed by atoms with Crippen molar-refractivity contribution in [2.45, 2.75) is 29.8 Å². The van der Waals surface area contributed by atoms with Crippen LogP contribution in [0.4, 0.5) is 5.69 Å². The van der Waals surface area contributed by atoms with Gasteiger partial charge in [-0.1, -0.05) is 12.1 Å². The van der Waals surface area contributed by atoms with Gasteiger partial charge in [0.1, 0.15) is 12.6 Å². The molecule has 1 aromatic rings. The number of benzene rings is 1. The SMILES string of the molecule is NCCC[C@@H](NC1CSc2ccccc2N(CC(=O)O)C1=O)C(=O)O. The molecular weight excluding hydrogens is 346 g/mol. The highest BCUT2D eigenvalue weighted by atomic mass is 32.2. The second-order valence-electron chi connectivity index (χ2n) is 5.64. The molecule has 0 fully saturated rings. The first-order valence-electron chi connectivity index (χ1n) is 7.88. The van der Waals surface area contributed by atoms with E-state index in [9.17, 15) is 19.5 Å². The number of fused-ring (bicyclic) bond motifs is 1. The Hall–Kier alpha value is -2.10. The van der Waals surface area contributed by atoms with E-state index in [0.717, 1.165) is 4.90 Å². The quantitative estimate of drug-likeness (QED) is 0.518. The lowest BCUT2D eigenvalue weighted by Gasteiger charge is -2.26. The molecule has 2 rings (SSSR count). The summed E-state index contributed by atoms with van der Waals surface area (Å²) in [6.07, 6.45) is 0.809. The van der Waals surface area contributed by atoms with Crippen LogP contribution in [0.1, 0.15) is 12.8 Å². The van der Waals surface area contributed by atoms with Crippen LogP contribution >= 0.6 is 11.8 Å². The molecule has 1 amide bonds. The number of thioether (sulfide) groups is 1. The number of carbonyl (C=O) groups excluding carboxylic acids is 1. The van der Waals surface area contributed by atoms with Crippen molar-refractivity contribution >= 4 is 35.3 Å². The minimum absolute atomic E-state index is 0.298. The van der Waals surface area contributed by atoms with Crippen molar-refractivity contribution in [2.75, 3.05) is 23.7 Å². The lowest BCUT2D eigenvalue weighted by atomic mass is 10.1. The number of amides is 1. The number of nitrogens with two attached hydrogens (primary N) is 1. The summed E-state index contributed by atoms with van der Waals surface area (Å²) in [6, 6.07) is 5.34. The third-order valence-corrected chi connectivity index (χ3v) is 4.97. The van der Waals surface area contributed by atoms with Gasteiger partial charge in [0.2, 0.25) is 5.91 Å². The van der Waals surface area contributed by atoms with Gasteiger partial charge in [0, 0.05) is 10.6 Å². The van der Waals surface area contributed by atoms with Crippen LogP contribution in [0.3, 0.4) is 0 Å². The fourth-order valence-corrected chi connectivity index (χ4v) is 3.70. The Morgan fingerprint density at radius 3 is 2.72 bits per heavy atom. The molecule has 25 heavy (non-hydrogen) atoms. The first-order valence-corrected chi connectivity index (χ1v) is 8.86. The topological polar surface area (TPSA) is 133 Å². The molecule has 136 valence electrons. The molecule has 8 nitrogen and oxygen atoms in total. The number of carboxylic acid groups (broad SMARTS) is 2. The monoisotopic (exact) mass is 367 g/mol. The maximum Gasteiger partial charge on any atom is 0.323 e. The van der Waals surface area contributed by atoms with Crippen molar-refractivity contribution in [2.24, 2.45) is 5.73 Å². The van der Waals surface area contributed by atoms with Crippen LogP contribution in [0.15, 0.2) is 29.2 Å². The highest BCUT2D eigenvalue weighted by Crippen LogP contribution is 2.34. The minimum atomic E-state index is -1.13. The first kappa shape index (κ1) is 19.2. The summed E-state index contributed by atoms with van der Waals surface area (Å²) in [5.74, 6) is -2.32. The van der Waals surface area contributed by atoms with Crippen molar-refractivity contribution in [3.8, 4) is 0 Å². The molecule has 1 aromatic carbocycles. The number of para-hydroxylation sites is 1. The largest absolute Gasteiger partial charge is 0.480 e. The van der Waals surface area contributed by atoms with Crippen LogP contribution in [-0.4, -0.2) is 59.0 Å². The van der Waals surface area contributed by atoms with Crippen LogP contribution in [0, 0.1) is 0 Å². The van der Waals surface area contributed by atoms with Gasteiger partial charge in [-0.15, -0.1) is 11.8 Å². The predicted molar refractivity (Wildman–Crippen MR) is 93.8 cm³/mol. The van der Waals surface area contributed by atoms with Crippen molar-refractivity contribution in [1.82, 2.24) is 5.32 Å². The summed E-state index contributed by atoms with van der Waals surface area (Å²) in [7, 11) is 0. The van der Waals surface area contributed by atoms with E-state index in [1.165, 1.54) is 16.7 Å². The lowest BCUT2D eigenvalue weighted by Crippen LogP contribution is -2.53. The molecule has 1 aliphatic heterocycles. The second kappa shape index (κ2) is 8.84. The smallest absolute Gasteiger partial charge is 0.323 e. The number of rotatable bonds is 8. The number of nitrogens with zero attached hydrogens (tertiary/aromatic N) is 1. The Morgan fingerprint density at radius 1 is 1.36 bits per heavy atom. The van der Waals surface area contributed by atoms with E-state index >= 15 is 0 Å². The summed E-state index contributed by atoms with van der Waals surface area (Å²) >= 11 is 1.39. The minimum Gasteiger partial charge on any atom is -0.480 e. The third kappa shape index (κ3) is 4.94. The van der Waals surface area contributed by atoms with Gasteiger partial charge in [-0.25, -0.2) is 0 Å². The van der Waals surface area contributed by atoms with Gasteiger partial charge in [0.15, 0.2) is 0 Å². The van der Waals surface area contributed by atoms with E-state index in [1.807, 2.05) is 12.1 Å². The van der Waals surface area contributed by atoms with Crippen molar-refractivity contribution in [3.05, 3.63) is 24.3 Å². The molecule has 0 spiro atoms. The molecule has 2 atom stereocenters. The molecule has 0 bridgehead atoms. The van der Waals surface area contributed by atoms with E-state index < -0.39 is 36.5 Å². The number of anilines is 1. The van der Waals surface area contributed by atoms with Crippen molar-refractivity contribution in [1.29, 1.82) is 0 Å². The molecule has 1 unspecified atom stereocenters. The Labute approximate surface area is 149 Å².